The summed E-state index contributed by atoms with van der Waals surface area (Å²) in [6, 6.07) is 9.27. The van der Waals surface area contributed by atoms with E-state index in [1.165, 1.54) is 12.1 Å². The largest absolute Gasteiger partial charge is 0.456 e. The average molecular weight is 422 g/mol. The molecule has 29 heavy (non-hydrogen) atoms. The molecular weight excluding hydrogens is 399 g/mol. The molecule has 0 spiro atoms. The minimum atomic E-state index is -3.76. The molecule has 0 heterocycles. The molecule has 0 saturated heterocycles. The van der Waals surface area contributed by atoms with Gasteiger partial charge in [0.25, 0.3) is 5.91 Å². The van der Waals surface area contributed by atoms with Crippen LogP contribution in [0.3, 0.4) is 0 Å². The molecule has 0 fully saturated rings. The zero-order chi connectivity index (χ0) is 21.6. The Morgan fingerprint density at radius 1 is 1.03 bits per heavy atom. The van der Waals surface area contributed by atoms with Crippen LogP contribution in [-0.4, -0.2) is 33.4 Å². The minimum Gasteiger partial charge on any atom is -0.456 e. The SMILES string of the molecule is Cc1ccc(C)c(S(=O)(=O)NCCC(=O)OCC(=O)Nc2ccc(C)c(F)c2)c1. The summed E-state index contributed by atoms with van der Waals surface area (Å²) in [7, 11) is -3.76. The molecule has 0 unspecified atom stereocenters. The Morgan fingerprint density at radius 2 is 1.72 bits per heavy atom. The molecule has 0 aliphatic carbocycles. The van der Waals surface area contributed by atoms with E-state index < -0.39 is 34.3 Å². The van der Waals surface area contributed by atoms with Crippen molar-refractivity contribution in [1.82, 2.24) is 4.72 Å². The second-order valence-electron chi connectivity index (χ2n) is 6.59. The number of halogens is 1. The number of amides is 1. The van der Waals surface area contributed by atoms with Crippen LogP contribution in [0.2, 0.25) is 0 Å². The van der Waals surface area contributed by atoms with Gasteiger partial charge in [-0.2, -0.15) is 0 Å². The number of carbonyl (C=O) groups excluding carboxylic acids is 2. The van der Waals surface area contributed by atoms with Gasteiger partial charge in [-0.25, -0.2) is 17.5 Å². The second-order valence-corrected chi connectivity index (χ2v) is 8.32. The Hall–Kier alpha value is -2.78. The molecule has 156 valence electrons. The van der Waals surface area contributed by atoms with E-state index in [0.717, 1.165) is 11.6 Å². The molecule has 2 rings (SSSR count). The van der Waals surface area contributed by atoms with E-state index >= 15 is 0 Å². The number of esters is 1. The van der Waals surface area contributed by atoms with Crippen molar-refractivity contribution < 1.29 is 27.1 Å². The molecule has 2 N–H and O–H groups in total. The monoisotopic (exact) mass is 422 g/mol. The van der Waals surface area contributed by atoms with Crippen molar-refractivity contribution >= 4 is 27.6 Å². The van der Waals surface area contributed by atoms with Gasteiger partial charge in [0.1, 0.15) is 5.82 Å². The van der Waals surface area contributed by atoms with E-state index in [2.05, 4.69) is 10.0 Å². The van der Waals surface area contributed by atoms with Gasteiger partial charge < -0.3 is 10.1 Å². The van der Waals surface area contributed by atoms with Gasteiger partial charge in [0.05, 0.1) is 11.3 Å². The molecule has 0 atom stereocenters. The Bertz CT molecular complexity index is 1020. The number of aryl methyl sites for hydroxylation is 3. The summed E-state index contributed by atoms with van der Waals surface area (Å²) in [6.45, 7) is 4.33. The Balaban J connectivity index is 1.78. The first-order valence-electron chi connectivity index (χ1n) is 8.87. The van der Waals surface area contributed by atoms with E-state index in [-0.39, 0.29) is 23.5 Å². The molecule has 2 aromatic rings. The fourth-order valence-corrected chi connectivity index (χ4v) is 3.81. The van der Waals surface area contributed by atoms with Crippen LogP contribution in [-0.2, 0) is 24.3 Å². The zero-order valence-electron chi connectivity index (χ0n) is 16.4. The highest BCUT2D eigenvalue weighted by Crippen LogP contribution is 2.16. The lowest BCUT2D eigenvalue weighted by Gasteiger charge is -2.10. The van der Waals surface area contributed by atoms with Crippen LogP contribution in [0.25, 0.3) is 0 Å². The van der Waals surface area contributed by atoms with Crippen molar-refractivity contribution in [2.75, 3.05) is 18.5 Å². The van der Waals surface area contributed by atoms with Crippen LogP contribution in [0.4, 0.5) is 10.1 Å². The highest BCUT2D eigenvalue weighted by atomic mass is 32.2. The van der Waals surface area contributed by atoms with E-state index in [1.54, 1.807) is 32.9 Å². The van der Waals surface area contributed by atoms with Gasteiger partial charge in [0, 0.05) is 12.2 Å². The van der Waals surface area contributed by atoms with Crippen LogP contribution in [0.1, 0.15) is 23.1 Å². The third-order valence-corrected chi connectivity index (χ3v) is 5.68. The summed E-state index contributed by atoms with van der Waals surface area (Å²) in [6.07, 6.45) is -0.240. The first kappa shape index (κ1) is 22.5. The standard InChI is InChI=1S/C20H23FN2O5S/c1-13-4-5-15(3)18(10-13)29(26,27)22-9-8-20(25)28-12-19(24)23-16-7-6-14(2)17(21)11-16/h4-7,10-11,22H,8-9,12H2,1-3H3,(H,23,24). The van der Waals surface area contributed by atoms with Crippen molar-refractivity contribution in [1.29, 1.82) is 0 Å². The lowest BCUT2D eigenvalue weighted by Crippen LogP contribution is -2.28. The van der Waals surface area contributed by atoms with Crippen molar-refractivity contribution in [3.8, 4) is 0 Å². The summed E-state index contributed by atoms with van der Waals surface area (Å²) in [5.41, 5.74) is 2.08. The predicted molar refractivity (Wildman–Crippen MR) is 106 cm³/mol. The van der Waals surface area contributed by atoms with Gasteiger partial charge in [-0.15, -0.1) is 0 Å². The summed E-state index contributed by atoms with van der Waals surface area (Å²) in [4.78, 5) is 23.7. The van der Waals surface area contributed by atoms with Crippen molar-refractivity contribution in [3.63, 3.8) is 0 Å². The highest BCUT2D eigenvalue weighted by molar-refractivity contribution is 7.89. The second kappa shape index (κ2) is 9.62. The maximum Gasteiger partial charge on any atom is 0.307 e. The number of benzene rings is 2. The molecule has 7 nitrogen and oxygen atoms in total. The van der Waals surface area contributed by atoms with Crippen LogP contribution >= 0.6 is 0 Å². The molecule has 0 radical (unpaired) electrons. The zero-order valence-corrected chi connectivity index (χ0v) is 17.2. The molecule has 2 aromatic carbocycles. The Morgan fingerprint density at radius 3 is 2.41 bits per heavy atom. The molecule has 0 aliphatic rings. The summed E-state index contributed by atoms with van der Waals surface area (Å²) < 4.78 is 45.3. The van der Waals surface area contributed by atoms with Crippen LogP contribution in [0.15, 0.2) is 41.3 Å². The molecule has 0 saturated carbocycles. The average Bonchev–Trinajstić information content (AvgIpc) is 2.65. The number of hydrogen-bond donors (Lipinski definition) is 2. The van der Waals surface area contributed by atoms with E-state index in [0.29, 0.717) is 11.1 Å². The van der Waals surface area contributed by atoms with Crippen LogP contribution in [0.5, 0.6) is 0 Å². The lowest BCUT2D eigenvalue weighted by molar-refractivity contribution is -0.147. The first-order valence-corrected chi connectivity index (χ1v) is 10.4. The van der Waals surface area contributed by atoms with Crippen LogP contribution in [0, 0.1) is 26.6 Å². The predicted octanol–water partition coefficient (Wildman–Crippen LogP) is 2.60. The fraction of sp³-hybridized carbons (Fsp3) is 0.300. The number of carbonyl (C=O) groups is 2. The first-order chi connectivity index (χ1) is 13.6. The minimum absolute atomic E-state index is 0.149. The summed E-state index contributed by atoms with van der Waals surface area (Å²) in [5.74, 6) is -1.83. The third kappa shape index (κ3) is 6.65. The maximum atomic E-state index is 13.5. The number of anilines is 1. The van der Waals surface area contributed by atoms with Gasteiger partial charge in [-0.1, -0.05) is 18.2 Å². The van der Waals surface area contributed by atoms with Gasteiger partial charge in [0.2, 0.25) is 10.0 Å². The fourth-order valence-electron chi connectivity index (χ4n) is 2.45. The molecule has 1 amide bonds. The summed E-state index contributed by atoms with van der Waals surface area (Å²) in [5, 5.41) is 2.41. The number of sulfonamides is 1. The topological polar surface area (TPSA) is 102 Å². The van der Waals surface area contributed by atoms with Gasteiger partial charge in [-0.05, 0) is 55.7 Å². The number of rotatable bonds is 8. The summed E-state index contributed by atoms with van der Waals surface area (Å²) >= 11 is 0. The number of nitrogens with one attached hydrogen (secondary N) is 2. The lowest BCUT2D eigenvalue weighted by atomic mass is 10.2. The Kier molecular flexibility index (Phi) is 7.46. The molecule has 0 bridgehead atoms. The van der Waals surface area contributed by atoms with Crippen LogP contribution < -0.4 is 10.0 Å². The maximum absolute atomic E-state index is 13.5. The number of hydrogen-bond acceptors (Lipinski definition) is 5. The van der Waals surface area contributed by atoms with Gasteiger partial charge in [0.15, 0.2) is 6.61 Å². The highest BCUT2D eigenvalue weighted by Gasteiger charge is 2.17. The van der Waals surface area contributed by atoms with Gasteiger partial charge >= 0.3 is 5.97 Å². The quantitative estimate of drug-likeness (QED) is 0.637. The molecule has 0 aliphatic heterocycles. The van der Waals surface area contributed by atoms with E-state index in [9.17, 15) is 22.4 Å². The van der Waals surface area contributed by atoms with Crippen molar-refractivity contribution in [3.05, 3.63) is 58.9 Å². The Labute approximate surface area is 169 Å². The molecule has 9 heteroatoms. The van der Waals surface area contributed by atoms with Crippen molar-refractivity contribution in [2.45, 2.75) is 32.1 Å². The normalized spacial score (nSPS) is 11.2. The third-order valence-electron chi connectivity index (χ3n) is 4.07. The smallest absolute Gasteiger partial charge is 0.307 e. The molecule has 0 aromatic heterocycles. The van der Waals surface area contributed by atoms with Gasteiger partial charge in [-0.3, -0.25) is 9.59 Å². The molecular formula is C20H23FN2O5S. The number of ether oxygens (including phenoxy) is 1. The van der Waals surface area contributed by atoms with E-state index in [4.69, 9.17) is 4.74 Å². The van der Waals surface area contributed by atoms with Crippen molar-refractivity contribution in [2.24, 2.45) is 0 Å². The van der Waals surface area contributed by atoms with E-state index in [1.807, 2.05) is 6.07 Å².